The monoisotopic (exact) mass is 315 g/mol. The predicted molar refractivity (Wildman–Crippen MR) is 89.4 cm³/mol. The Morgan fingerprint density at radius 3 is 2.76 bits per heavy atom. The highest BCUT2D eigenvalue weighted by Gasteiger charge is 2.14. The SMILES string of the molecule is CCc1ccc(-c2cc(C(=O)Cl)c3cccc(C)c3n2)s1. The molecular weight excluding hydrogens is 302 g/mol. The van der Waals surface area contributed by atoms with Gasteiger partial charge in [-0.25, -0.2) is 4.98 Å². The zero-order chi connectivity index (χ0) is 15.0. The minimum absolute atomic E-state index is 0.443. The lowest BCUT2D eigenvalue weighted by atomic mass is 10.0. The highest BCUT2D eigenvalue weighted by atomic mass is 35.5. The van der Waals surface area contributed by atoms with Gasteiger partial charge in [0.2, 0.25) is 0 Å². The van der Waals surface area contributed by atoms with Crippen molar-refractivity contribution in [2.24, 2.45) is 0 Å². The Bertz CT molecular complexity index is 838. The number of carbonyl (C=O) groups excluding carboxylic acids is 1. The molecule has 3 rings (SSSR count). The van der Waals surface area contributed by atoms with Crippen molar-refractivity contribution in [3.05, 3.63) is 52.4 Å². The lowest BCUT2D eigenvalue weighted by Crippen LogP contribution is -1.96. The van der Waals surface area contributed by atoms with Gasteiger partial charge in [-0.3, -0.25) is 4.79 Å². The normalized spacial score (nSPS) is 11.0. The fourth-order valence-electron chi connectivity index (χ4n) is 2.39. The molecule has 1 aromatic carbocycles. The van der Waals surface area contributed by atoms with Gasteiger partial charge in [-0.1, -0.05) is 25.1 Å². The molecule has 0 saturated carbocycles. The van der Waals surface area contributed by atoms with Gasteiger partial charge in [0, 0.05) is 15.8 Å². The number of aryl methyl sites for hydroxylation is 2. The number of fused-ring (bicyclic) bond motifs is 1. The van der Waals surface area contributed by atoms with E-state index >= 15 is 0 Å². The molecule has 0 atom stereocenters. The Balaban J connectivity index is 2.29. The summed E-state index contributed by atoms with van der Waals surface area (Å²) in [6.45, 7) is 4.12. The fraction of sp³-hybridized carbons (Fsp3) is 0.176. The number of aromatic nitrogens is 1. The smallest absolute Gasteiger partial charge is 0.253 e. The van der Waals surface area contributed by atoms with Crippen LogP contribution < -0.4 is 0 Å². The largest absolute Gasteiger partial charge is 0.276 e. The molecule has 0 saturated heterocycles. The number of thiophene rings is 1. The molecule has 0 radical (unpaired) electrons. The van der Waals surface area contributed by atoms with Crippen molar-refractivity contribution in [1.29, 1.82) is 0 Å². The summed E-state index contributed by atoms with van der Waals surface area (Å²) in [7, 11) is 0. The summed E-state index contributed by atoms with van der Waals surface area (Å²) in [6, 6.07) is 11.8. The maximum atomic E-state index is 11.8. The number of rotatable bonds is 3. The van der Waals surface area contributed by atoms with Crippen LogP contribution in [0.3, 0.4) is 0 Å². The number of halogens is 1. The second-order valence-corrected chi connectivity index (χ2v) is 6.43. The molecular formula is C17H14ClNOS. The van der Waals surface area contributed by atoms with Crippen LogP contribution in [0.5, 0.6) is 0 Å². The molecule has 4 heteroatoms. The fourth-order valence-corrected chi connectivity index (χ4v) is 3.45. The highest BCUT2D eigenvalue weighted by molar-refractivity contribution is 7.15. The first kappa shape index (κ1) is 14.2. The maximum Gasteiger partial charge on any atom is 0.253 e. The Morgan fingerprint density at radius 1 is 1.29 bits per heavy atom. The number of nitrogens with zero attached hydrogens (tertiary/aromatic N) is 1. The van der Waals surface area contributed by atoms with Gasteiger partial charge in [-0.05, 0) is 48.7 Å². The van der Waals surface area contributed by atoms with Crippen molar-refractivity contribution in [2.45, 2.75) is 20.3 Å². The quantitative estimate of drug-likeness (QED) is 0.621. The van der Waals surface area contributed by atoms with Crippen molar-refractivity contribution in [1.82, 2.24) is 4.98 Å². The van der Waals surface area contributed by atoms with E-state index in [4.69, 9.17) is 16.6 Å². The third-order valence-corrected chi connectivity index (χ3v) is 4.97. The van der Waals surface area contributed by atoms with Crippen LogP contribution in [0.2, 0.25) is 0 Å². The summed E-state index contributed by atoms with van der Waals surface area (Å²) in [5, 5.41) is 0.368. The van der Waals surface area contributed by atoms with Crippen LogP contribution in [-0.2, 0) is 6.42 Å². The van der Waals surface area contributed by atoms with Crippen LogP contribution in [0.25, 0.3) is 21.5 Å². The standard InChI is InChI=1S/C17H14ClNOS/c1-3-11-7-8-15(21-11)14-9-13(17(18)20)12-6-4-5-10(2)16(12)19-14/h4-9H,3H2,1-2H3. The van der Waals surface area contributed by atoms with E-state index < -0.39 is 5.24 Å². The first-order valence-electron chi connectivity index (χ1n) is 6.79. The van der Waals surface area contributed by atoms with Crippen molar-refractivity contribution in [3.63, 3.8) is 0 Å². The Hall–Kier alpha value is -1.71. The average Bonchev–Trinajstić information content (AvgIpc) is 2.95. The highest BCUT2D eigenvalue weighted by Crippen LogP contribution is 2.31. The zero-order valence-electron chi connectivity index (χ0n) is 11.8. The van der Waals surface area contributed by atoms with Crippen LogP contribution in [0.15, 0.2) is 36.4 Å². The van der Waals surface area contributed by atoms with Crippen LogP contribution >= 0.6 is 22.9 Å². The van der Waals surface area contributed by atoms with E-state index in [1.165, 1.54) is 4.88 Å². The third kappa shape index (κ3) is 2.59. The van der Waals surface area contributed by atoms with Gasteiger partial charge < -0.3 is 0 Å². The molecule has 0 N–H and O–H groups in total. The molecule has 2 aromatic heterocycles. The third-order valence-electron chi connectivity index (χ3n) is 3.52. The molecule has 0 fully saturated rings. The molecule has 2 heterocycles. The Kier molecular flexibility index (Phi) is 3.79. The van der Waals surface area contributed by atoms with E-state index in [9.17, 15) is 4.79 Å². The number of pyridine rings is 1. The predicted octanol–water partition coefficient (Wildman–Crippen LogP) is 5.21. The summed E-state index contributed by atoms with van der Waals surface area (Å²) >= 11 is 7.47. The zero-order valence-corrected chi connectivity index (χ0v) is 13.4. The molecule has 0 amide bonds. The molecule has 106 valence electrons. The van der Waals surface area contributed by atoms with Gasteiger partial charge in [0.25, 0.3) is 5.24 Å². The minimum atomic E-state index is -0.443. The van der Waals surface area contributed by atoms with E-state index in [0.29, 0.717) is 5.56 Å². The first-order chi connectivity index (χ1) is 10.1. The number of hydrogen-bond donors (Lipinski definition) is 0. The van der Waals surface area contributed by atoms with Crippen molar-refractivity contribution in [2.75, 3.05) is 0 Å². The van der Waals surface area contributed by atoms with Crippen molar-refractivity contribution < 1.29 is 4.79 Å². The number of carbonyl (C=O) groups is 1. The van der Waals surface area contributed by atoms with Gasteiger partial charge in [0.05, 0.1) is 16.1 Å². The summed E-state index contributed by atoms with van der Waals surface area (Å²) < 4.78 is 0. The molecule has 0 aliphatic rings. The molecule has 0 unspecified atom stereocenters. The summed E-state index contributed by atoms with van der Waals surface area (Å²) in [6.07, 6.45) is 0.999. The van der Waals surface area contributed by atoms with Gasteiger partial charge in [0.1, 0.15) is 0 Å². The van der Waals surface area contributed by atoms with Crippen LogP contribution in [0, 0.1) is 6.92 Å². The maximum absolute atomic E-state index is 11.8. The van der Waals surface area contributed by atoms with Gasteiger partial charge >= 0.3 is 0 Å². The van der Waals surface area contributed by atoms with Crippen LogP contribution in [0.4, 0.5) is 0 Å². The van der Waals surface area contributed by atoms with E-state index in [1.807, 2.05) is 25.1 Å². The summed E-state index contributed by atoms with van der Waals surface area (Å²) in [5.41, 5.74) is 3.21. The second-order valence-electron chi connectivity index (χ2n) is 4.92. The van der Waals surface area contributed by atoms with Crippen molar-refractivity contribution in [3.8, 4) is 10.6 Å². The van der Waals surface area contributed by atoms with Crippen molar-refractivity contribution >= 4 is 39.1 Å². The lowest BCUT2D eigenvalue weighted by Gasteiger charge is -2.07. The minimum Gasteiger partial charge on any atom is -0.276 e. The Labute approximate surface area is 132 Å². The van der Waals surface area contributed by atoms with E-state index in [-0.39, 0.29) is 0 Å². The molecule has 0 bridgehead atoms. The first-order valence-corrected chi connectivity index (χ1v) is 7.99. The number of hydrogen-bond acceptors (Lipinski definition) is 3. The van der Waals surface area contributed by atoms with E-state index in [0.717, 1.165) is 33.5 Å². The summed E-state index contributed by atoms with van der Waals surface area (Å²) in [5.74, 6) is 0. The van der Waals surface area contributed by atoms with Crippen LogP contribution in [-0.4, -0.2) is 10.2 Å². The summed E-state index contributed by atoms with van der Waals surface area (Å²) in [4.78, 5) is 18.9. The topological polar surface area (TPSA) is 30.0 Å². The Morgan fingerprint density at radius 2 is 2.10 bits per heavy atom. The molecule has 3 aromatic rings. The van der Waals surface area contributed by atoms with Gasteiger partial charge in [0.15, 0.2) is 0 Å². The van der Waals surface area contributed by atoms with Crippen LogP contribution in [0.1, 0.15) is 27.7 Å². The van der Waals surface area contributed by atoms with Gasteiger partial charge in [-0.15, -0.1) is 11.3 Å². The molecule has 0 aliphatic heterocycles. The number of benzene rings is 1. The van der Waals surface area contributed by atoms with Gasteiger partial charge in [-0.2, -0.15) is 0 Å². The lowest BCUT2D eigenvalue weighted by molar-refractivity contribution is 0.108. The molecule has 2 nitrogen and oxygen atoms in total. The van der Waals surface area contributed by atoms with E-state index in [2.05, 4.69) is 19.1 Å². The van der Waals surface area contributed by atoms with E-state index in [1.54, 1.807) is 17.4 Å². The average molecular weight is 316 g/mol. The second kappa shape index (κ2) is 5.58. The number of para-hydroxylation sites is 1. The molecule has 0 aliphatic carbocycles. The molecule has 21 heavy (non-hydrogen) atoms. The molecule has 0 spiro atoms.